The van der Waals surface area contributed by atoms with Crippen LogP contribution >= 0.6 is 0 Å². The minimum atomic E-state index is -0.342. The fraction of sp³-hybridized carbons (Fsp3) is 0.292. The van der Waals surface area contributed by atoms with Crippen molar-refractivity contribution in [3.8, 4) is 17.0 Å². The molecule has 0 radical (unpaired) electrons. The second-order valence-corrected chi connectivity index (χ2v) is 7.61. The van der Waals surface area contributed by atoms with E-state index in [-0.39, 0.29) is 30.9 Å². The number of halogens is 1. The van der Waals surface area contributed by atoms with Crippen molar-refractivity contribution in [2.45, 2.75) is 25.4 Å². The number of ether oxygens (including phenoxy) is 1. The van der Waals surface area contributed by atoms with E-state index in [2.05, 4.69) is 4.98 Å². The Bertz CT molecular complexity index is 1020. The largest absolute Gasteiger partial charge is 0.484 e. The van der Waals surface area contributed by atoms with E-state index in [1.165, 1.54) is 24.3 Å². The molecule has 160 valence electrons. The molecule has 31 heavy (non-hydrogen) atoms. The Kier molecular flexibility index (Phi) is 6.52. The first-order chi connectivity index (χ1) is 15.1. The third-order valence-corrected chi connectivity index (χ3v) is 5.45. The number of hydrogen-bond acceptors (Lipinski definition) is 5. The van der Waals surface area contributed by atoms with Crippen LogP contribution in [-0.2, 0) is 11.4 Å². The average molecular weight is 421 g/mol. The van der Waals surface area contributed by atoms with Crippen LogP contribution in [0.5, 0.6) is 5.75 Å². The van der Waals surface area contributed by atoms with Crippen molar-refractivity contribution < 1.29 is 19.0 Å². The van der Waals surface area contributed by atoms with Gasteiger partial charge in [0.25, 0.3) is 5.91 Å². The Hall–Kier alpha value is -3.32. The minimum absolute atomic E-state index is 0.00279. The number of rotatable bonds is 6. The normalized spacial score (nSPS) is 16.2. The molecule has 6 nitrogen and oxygen atoms in total. The number of piperidine rings is 1. The SMILES string of the molecule is O=C(COc1ccc(F)cc1)N1CCCC(c2cncc(-c3ccc(CO)cc3)n2)C1. The van der Waals surface area contributed by atoms with Gasteiger partial charge in [-0.3, -0.25) is 9.78 Å². The molecular formula is C24H24FN3O3. The van der Waals surface area contributed by atoms with Gasteiger partial charge in [-0.15, -0.1) is 0 Å². The minimum Gasteiger partial charge on any atom is -0.484 e. The summed E-state index contributed by atoms with van der Waals surface area (Å²) in [4.78, 5) is 23.6. The molecule has 1 aliphatic rings. The molecule has 1 amide bonds. The van der Waals surface area contributed by atoms with E-state index < -0.39 is 0 Å². The number of aromatic nitrogens is 2. The summed E-state index contributed by atoms with van der Waals surface area (Å²) in [7, 11) is 0. The van der Waals surface area contributed by atoms with E-state index in [4.69, 9.17) is 9.72 Å². The second-order valence-electron chi connectivity index (χ2n) is 7.61. The lowest BCUT2D eigenvalue weighted by molar-refractivity contribution is -0.134. The summed E-state index contributed by atoms with van der Waals surface area (Å²) in [6.45, 7) is 1.16. The average Bonchev–Trinajstić information content (AvgIpc) is 2.84. The first-order valence-corrected chi connectivity index (χ1v) is 10.3. The van der Waals surface area contributed by atoms with E-state index in [1.807, 2.05) is 24.3 Å². The summed E-state index contributed by atoms with van der Waals surface area (Å²) in [5.41, 5.74) is 3.41. The maximum absolute atomic E-state index is 13.0. The Labute approximate surface area is 180 Å². The van der Waals surface area contributed by atoms with Crippen molar-refractivity contribution in [2.24, 2.45) is 0 Å². The number of aliphatic hydroxyl groups excluding tert-OH is 1. The Morgan fingerprint density at radius 3 is 2.65 bits per heavy atom. The predicted octanol–water partition coefficient (Wildman–Crippen LogP) is 3.56. The fourth-order valence-corrected chi connectivity index (χ4v) is 3.71. The van der Waals surface area contributed by atoms with Gasteiger partial charge in [0.05, 0.1) is 24.2 Å². The summed E-state index contributed by atoms with van der Waals surface area (Å²) >= 11 is 0. The van der Waals surface area contributed by atoms with Crippen molar-refractivity contribution in [1.29, 1.82) is 0 Å². The molecule has 4 rings (SSSR count). The van der Waals surface area contributed by atoms with Crippen LogP contribution in [-0.4, -0.2) is 45.6 Å². The maximum atomic E-state index is 13.0. The van der Waals surface area contributed by atoms with E-state index in [0.29, 0.717) is 18.8 Å². The summed E-state index contributed by atoms with van der Waals surface area (Å²) in [5, 5.41) is 9.21. The lowest BCUT2D eigenvalue weighted by Gasteiger charge is -2.32. The summed E-state index contributed by atoms with van der Waals surface area (Å²) in [5.74, 6) is 0.129. The summed E-state index contributed by atoms with van der Waals surface area (Å²) < 4.78 is 18.5. The standard InChI is InChI=1S/C24H24FN3O3/c25-20-7-9-21(10-8-20)31-16-24(30)28-11-1-2-19(14-28)23-13-26-12-22(27-23)18-5-3-17(15-29)4-6-18/h3-10,12-13,19,29H,1-2,11,14-16H2. The van der Waals surface area contributed by atoms with Crippen LogP contribution < -0.4 is 4.74 Å². The molecule has 7 heteroatoms. The lowest BCUT2D eigenvalue weighted by atomic mass is 9.94. The van der Waals surface area contributed by atoms with Crippen LogP contribution in [0.3, 0.4) is 0 Å². The van der Waals surface area contributed by atoms with Gasteiger partial charge in [0.1, 0.15) is 11.6 Å². The zero-order valence-corrected chi connectivity index (χ0v) is 17.1. The molecule has 0 aliphatic carbocycles. The predicted molar refractivity (Wildman–Crippen MR) is 114 cm³/mol. The summed E-state index contributed by atoms with van der Waals surface area (Å²) in [6.07, 6.45) is 5.30. The van der Waals surface area contributed by atoms with Gasteiger partial charge in [-0.05, 0) is 42.7 Å². The van der Waals surface area contributed by atoms with Crippen molar-refractivity contribution in [3.63, 3.8) is 0 Å². The van der Waals surface area contributed by atoms with E-state index in [0.717, 1.165) is 35.4 Å². The Morgan fingerprint density at radius 2 is 1.90 bits per heavy atom. The number of amides is 1. The number of carbonyl (C=O) groups excluding carboxylic acids is 1. The molecule has 0 bridgehead atoms. The van der Waals surface area contributed by atoms with Crippen molar-refractivity contribution in [1.82, 2.24) is 14.9 Å². The van der Waals surface area contributed by atoms with Gasteiger partial charge < -0.3 is 14.7 Å². The molecule has 0 spiro atoms. The van der Waals surface area contributed by atoms with Crippen LogP contribution in [0.1, 0.15) is 30.0 Å². The Balaban J connectivity index is 1.40. The van der Waals surface area contributed by atoms with E-state index in [1.54, 1.807) is 17.3 Å². The molecule has 3 aromatic rings. The highest BCUT2D eigenvalue weighted by Gasteiger charge is 2.26. The molecule has 1 aliphatic heterocycles. The third kappa shape index (κ3) is 5.24. The zero-order chi connectivity index (χ0) is 21.6. The number of likely N-dealkylation sites (tertiary alicyclic amines) is 1. The van der Waals surface area contributed by atoms with Gasteiger partial charge in [-0.2, -0.15) is 0 Å². The van der Waals surface area contributed by atoms with Crippen molar-refractivity contribution in [2.75, 3.05) is 19.7 Å². The molecule has 2 heterocycles. The van der Waals surface area contributed by atoms with E-state index in [9.17, 15) is 14.3 Å². The van der Waals surface area contributed by atoms with Crippen LogP contribution in [0, 0.1) is 5.82 Å². The molecule has 1 aromatic heterocycles. The smallest absolute Gasteiger partial charge is 0.260 e. The zero-order valence-electron chi connectivity index (χ0n) is 17.1. The maximum Gasteiger partial charge on any atom is 0.260 e. The van der Waals surface area contributed by atoms with Gasteiger partial charge in [-0.25, -0.2) is 9.37 Å². The number of carbonyl (C=O) groups is 1. The number of benzene rings is 2. The number of aliphatic hydroxyl groups is 1. The van der Waals surface area contributed by atoms with Crippen LogP contribution in [0.15, 0.2) is 60.9 Å². The first kappa shape index (κ1) is 20.9. The van der Waals surface area contributed by atoms with E-state index >= 15 is 0 Å². The van der Waals surface area contributed by atoms with Crippen LogP contribution in [0.2, 0.25) is 0 Å². The molecule has 1 N–H and O–H groups in total. The topological polar surface area (TPSA) is 75.5 Å². The lowest BCUT2D eigenvalue weighted by Crippen LogP contribution is -2.41. The van der Waals surface area contributed by atoms with Crippen molar-refractivity contribution in [3.05, 3.63) is 78.0 Å². The molecule has 1 unspecified atom stereocenters. The van der Waals surface area contributed by atoms with Gasteiger partial charge in [-0.1, -0.05) is 24.3 Å². The third-order valence-electron chi connectivity index (χ3n) is 5.45. The highest BCUT2D eigenvalue weighted by atomic mass is 19.1. The second kappa shape index (κ2) is 9.66. The van der Waals surface area contributed by atoms with Crippen LogP contribution in [0.4, 0.5) is 4.39 Å². The monoisotopic (exact) mass is 421 g/mol. The van der Waals surface area contributed by atoms with Crippen LogP contribution in [0.25, 0.3) is 11.3 Å². The summed E-state index contributed by atoms with van der Waals surface area (Å²) in [6, 6.07) is 13.2. The molecule has 2 aromatic carbocycles. The van der Waals surface area contributed by atoms with Crippen molar-refractivity contribution >= 4 is 5.91 Å². The quantitative estimate of drug-likeness (QED) is 0.659. The molecule has 1 saturated heterocycles. The molecule has 0 saturated carbocycles. The van der Waals surface area contributed by atoms with Gasteiger partial charge in [0, 0.05) is 30.8 Å². The molecule has 1 fully saturated rings. The first-order valence-electron chi connectivity index (χ1n) is 10.3. The Morgan fingerprint density at radius 1 is 1.13 bits per heavy atom. The highest BCUT2D eigenvalue weighted by Crippen LogP contribution is 2.27. The molecular weight excluding hydrogens is 397 g/mol. The number of nitrogens with zero attached hydrogens (tertiary/aromatic N) is 3. The fourth-order valence-electron chi connectivity index (χ4n) is 3.71. The van der Waals surface area contributed by atoms with Gasteiger partial charge in [0.15, 0.2) is 6.61 Å². The number of hydrogen-bond donors (Lipinski definition) is 1. The highest BCUT2D eigenvalue weighted by molar-refractivity contribution is 5.78. The van der Waals surface area contributed by atoms with Gasteiger partial charge in [0.2, 0.25) is 0 Å². The van der Waals surface area contributed by atoms with Gasteiger partial charge >= 0.3 is 0 Å². The molecule has 1 atom stereocenters.